The molecule has 0 fully saturated rings. The standard InChI is InChI=1S/C15H11N3O6/c1-9-10(3-2-4-12(9)18(22)23)8-16-13-7-11(17(20)21)5-6-14(13)24-15(16)19/h2-7H,8H2,1H3. The van der Waals surface area contributed by atoms with Crippen molar-refractivity contribution in [1.82, 2.24) is 4.57 Å². The summed E-state index contributed by atoms with van der Waals surface area (Å²) in [5.41, 5.74) is 1.23. The number of oxazole rings is 1. The van der Waals surface area contributed by atoms with Gasteiger partial charge in [0.15, 0.2) is 5.58 Å². The molecule has 122 valence electrons. The second-order valence-corrected chi connectivity index (χ2v) is 5.18. The topological polar surface area (TPSA) is 121 Å². The van der Waals surface area contributed by atoms with E-state index in [4.69, 9.17) is 4.42 Å². The van der Waals surface area contributed by atoms with E-state index < -0.39 is 15.6 Å². The molecule has 24 heavy (non-hydrogen) atoms. The fraction of sp³-hybridized carbons (Fsp3) is 0.133. The van der Waals surface area contributed by atoms with Gasteiger partial charge < -0.3 is 4.42 Å². The molecule has 0 spiro atoms. The number of rotatable bonds is 4. The van der Waals surface area contributed by atoms with Gasteiger partial charge in [0.2, 0.25) is 0 Å². The van der Waals surface area contributed by atoms with Crippen LogP contribution in [-0.2, 0) is 6.54 Å². The Hall–Kier alpha value is -3.49. The Balaban J connectivity index is 2.14. The van der Waals surface area contributed by atoms with E-state index >= 15 is 0 Å². The summed E-state index contributed by atoms with van der Waals surface area (Å²) in [5, 5.41) is 21.9. The number of nitro groups is 2. The number of hydrogen-bond acceptors (Lipinski definition) is 6. The smallest absolute Gasteiger partial charge is 0.408 e. The highest BCUT2D eigenvalue weighted by atomic mass is 16.6. The number of aromatic nitrogens is 1. The van der Waals surface area contributed by atoms with Gasteiger partial charge in [-0.05, 0) is 18.6 Å². The maximum Gasteiger partial charge on any atom is 0.420 e. The van der Waals surface area contributed by atoms with Gasteiger partial charge in [-0.2, -0.15) is 0 Å². The number of benzene rings is 2. The van der Waals surface area contributed by atoms with Crippen molar-refractivity contribution in [2.45, 2.75) is 13.5 Å². The molecule has 1 heterocycles. The van der Waals surface area contributed by atoms with Crippen LogP contribution in [-0.4, -0.2) is 14.4 Å². The van der Waals surface area contributed by atoms with E-state index in [1.165, 1.54) is 34.9 Å². The fourth-order valence-corrected chi connectivity index (χ4v) is 2.52. The van der Waals surface area contributed by atoms with Gasteiger partial charge in [-0.15, -0.1) is 0 Å². The van der Waals surface area contributed by atoms with Crippen molar-refractivity contribution in [2.75, 3.05) is 0 Å². The molecule has 0 aliphatic heterocycles. The molecular formula is C15H11N3O6. The normalized spacial score (nSPS) is 10.9. The van der Waals surface area contributed by atoms with Crippen LogP contribution in [0, 0.1) is 27.2 Å². The van der Waals surface area contributed by atoms with Crippen LogP contribution in [0.2, 0.25) is 0 Å². The zero-order valence-corrected chi connectivity index (χ0v) is 12.5. The van der Waals surface area contributed by atoms with E-state index in [1.807, 2.05) is 0 Å². The Labute approximate surface area is 134 Å². The van der Waals surface area contributed by atoms with Crippen molar-refractivity contribution in [1.29, 1.82) is 0 Å². The molecule has 2 aromatic carbocycles. The van der Waals surface area contributed by atoms with Gasteiger partial charge in [0.1, 0.15) is 0 Å². The van der Waals surface area contributed by atoms with E-state index in [0.29, 0.717) is 11.1 Å². The molecule has 0 saturated carbocycles. The Morgan fingerprint density at radius 2 is 1.88 bits per heavy atom. The summed E-state index contributed by atoms with van der Waals surface area (Å²) >= 11 is 0. The lowest BCUT2D eigenvalue weighted by Gasteiger charge is -2.07. The highest BCUT2D eigenvalue weighted by Gasteiger charge is 2.18. The molecule has 3 rings (SSSR count). The summed E-state index contributed by atoms with van der Waals surface area (Å²) in [4.78, 5) is 32.9. The third kappa shape index (κ3) is 2.51. The van der Waals surface area contributed by atoms with E-state index in [9.17, 15) is 25.0 Å². The van der Waals surface area contributed by atoms with Crippen LogP contribution >= 0.6 is 0 Å². The van der Waals surface area contributed by atoms with E-state index in [1.54, 1.807) is 13.0 Å². The predicted octanol–water partition coefficient (Wildman–Crippen LogP) is 2.77. The van der Waals surface area contributed by atoms with Crippen LogP contribution in [0.3, 0.4) is 0 Å². The minimum atomic E-state index is -0.684. The van der Waals surface area contributed by atoms with Crippen molar-refractivity contribution in [3.63, 3.8) is 0 Å². The van der Waals surface area contributed by atoms with Crippen molar-refractivity contribution in [3.8, 4) is 0 Å². The highest BCUT2D eigenvalue weighted by molar-refractivity contribution is 5.76. The van der Waals surface area contributed by atoms with E-state index in [-0.39, 0.29) is 29.0 Å². The van der Waals surface area contributed by atoms with Crippen molar-refractivity contribution in [3.05, 3.63) is 78.3 Å². The molecule has 9 heteroatoms. The SMILES string of the molecule is Cc1c(Cn2c(=O)oc3ccc([N+](=O)[O-])cc32)cccc1[N+](=O)[O-]. The zero-order chi connectivity index (χ0) is 17.4. The molecule has 0 unspecified atom stereocenters. The highest BCUT2D eigenvalue weighted by Crippen LogP contribution is 2.24. The van der Waals surface area contributed by atoms with Crippen LogP contribution in [0.5, 0.6) is 0 Å². The second-order valence-electron chi connectivity index (χ2n) is 5.18. The number of nitro benzene ring substituents is 2. The molecule has 1 aromatic heterocycles. The molecule has 0 radical (unpaired) electrons. The first-order valence-corrected chi connectivity index (χ1v) is 6.89. The van der Waals surface area contributed by atoms with Crippen LogP contribution < -0.4 is 5.76 Å². The van der Waals surface area contributed by atoms with Crippen LogP contribution in [0.1, 0.15) is 11.1 Å². The molecule has 0 aliphatic carbocycles. The average molecular weight is 329 g/mol. The fourth-order valence-electron chi connectivity index (χ4n) is 2.52. The first-order valence-electron chi connectivity index (χ1n) is 6.89. The number of hydrogen-bond donors (Lipinski definition) is 0. The second kappa shape index (κ2) is 5.61. The molecule has 0 atom stereocenters. The molecule has 0 amide bonds. The monoisotopic (exact) mass is 329 g/mol. The van der Waals surface area contributed by atoms with Crippen LogP contribution in [0.4, 0.5) is 11.4 Å². The summed E-state index contributed by atoms with van der Waals surface area (Å²) in [7, 11) is 0. The Morgan fingerprint density at radius 3 is 2.54 bits per heavy atom. The number of fused-ring (bicyclic) bond motifs is 1. The van der Waals surface area contributed by atoms with Crippen LogP contribution in [0.15, 0.2) is 45.6 Å². The third-order valence-corrected chi connectivity index (χ3v) is 3.80. The maximum atomic E-state index is 12.0. The summed E-state index contributed by atoms with van der Waals surface area (Å²) in [5.74, 6) is -0.684. The minimum absolute atomic E-state index is 0.0144. The van der Waals surface area contributed by atoms with Gasteiger partial charge in [-0.1, -0.05) is 12.1 Å². The lowest BCUT2D eigenvalue weighted by molar-refractivity contribution is -0.385. The zero-order valence-electron chi connectivity index (χ0n) is 12.5. The molecule has 0 saturated heterocycles. The first kappa shape index (κ1) is 15.4. The molecule has 3 aromatic rings. The van der Waals surface area contributed by atoms with E-state index in [2.05, 4.69) is 0 Å². The number of non-ortho nitro benzene ring substituents is 1. The lowest BCUT2D eigenvalue weighted by Crippen LogP contribution is -2.15. The largest absolute Gasteiger partial charge is 0.420 e. The Kier molecular flexibility index (Phi) is 3.60. The molecule has 0 N–H and O–H groups in total. The lowest BCUT2D eigenvalue weighted by atomic mass is 10.1. The third-order valence-electron chi connectivity index (χ3n) is 3.80. The average Bonchev–Trinajstić information content (AvgIpc) is 2.84. The number of nitrogens with zero attached hydrogens (tertiary/aromatic N) is 3. The van der Waals surface area contributed by atoms with Crippen molar-refractivity contribution < 1.29 is 14.3 Å². The molecular weight excluding hydrogens is 318 g/mol. The first-order chi connectivity index (χ1) is 11.4. The van der Waals surface area contributed by atoms with Gasteiger partial charge in [0.25, 0.3) is 11.4 Å². The van der Waals surface area contributed by atoms with Gasteiger partial charge >= 0.3 is 5.76 Å². The van der Waals surface area contributed by atoms with Crippen molar-refractivity contribution in [2.24, 2.45) is 0 Å². The van der Waals surface area contributed by atoms with Crippen molar-refractivity contribution >= 4 is 22.5 Å². The maximum absolute atomic E-state index is 12.0. The Bertz CT molecular complexity index is 1030. The summed E-state index contributed by atoms with van der Waals surface area (Å²) < 4.78 is 6.29. The quantitative estimate of drug-likeness (QED) is 0.536. The van der Waals surface area contributed by atoms with E-state index in [0.717, 1.165) is 0 Å². The summed E-state index contributed by atoms with van der Waals surface area (Å²) in [6, 6.07) is 8.40. The summed E-state index contributed by atoms with van der Waals surface area (Å²) in [6.45, 7) is 1.60. The molecule has 0 bridgehead atoms. The molecule has 0 aliphatic rings. The van der Waals surface area contributed by atoms with Gasteiger partial charge in [0, 0.05) is 23.8 Å². The van der Waals surface area contributed by atoms with Gasteiger partial charge in [-0.3, -0.25) is 24.8 Å². The molecule has 9 nitrogen and oxygen atoms in total. The van der Waals surface area contributed by atoms with Gasteiger partial charge in [0.05, 0.1) is 21.9 Å². The summed E-state index contributed by atoms with van der Waals surface area (Å²) in [6.07, 6.45) is 0. The van der Waals surface area contributed by atoms with Gasteiger partial charge in [-0.25, -0.2) is 4.79 Å². The minimum Gasteiger partial charge on any atom is -0.408 e. The Morgan fingerprint density at radius 1 is 1.12 bits per heavy atom. The van der Waals surface area contributed by atoms with Crippen LogP contribution in [0.25, 0.3) is 11.1 Å². The predicted molar refractivity (Wildman–Crippen MR) is 84.1 cm³/mol.